The van der Waals surface area contributed by atoms with E-state index in [-0.39, 0.29) is 11.9 Å². The highest BCUT2D eigenvalue weighted by Gasteiger charge is 2.11. The number of carbonyl (C=O) groups excluding carboxylic acids is 1. The number of carbonyl (C=O) groups is 1. The lowest BCUT2D eigenvalue weighted by atomic mass is 10.1. The van der Waals surface area contributed by atoms with Crippen LogP contribution in [0.3, 0.4) is 0 Å². The SMILES string of the molecule is CCC(CN)NC(=O)c1ccc2cc[nH]c2c1. The fourth-order valence-corrected chi connectivity index (χ4v) is 1.79. The van der Waals surface area contributed by atoms with E-state index >= 15 is 0 Å². The van der Waals surface area contributed by atoms with Crippen LogP contribution in [0.2, 0.25) is 0 Å². The molecular weight excluding hydrogens is 214 g/mol. The number of aromatic nitrogens is 1. The van der Waals surface area contributed by atoms with Crippen molar-refractivity contribution in [2.45, 2.75) is 19.4 Å². The van der Waals surface area contributed by atoms with Crippen molar-refractivity contribution in [3.05, 3.63) is 36.0 Å². The van der Waals surface area contributed by atoms with Gasteiger partial charge >= 0.3 is 0 Å². The van der Waals surface area contributed by atoms with E-state index in [4.69, 9.17) is 5.73 Å². The van der Waals surface area contributed by atoms with Gasteiger partial charge in [0.15, 0.2) is 0 Å². The molecule has 0 aliphatic heterocycles. The summed E-state index contributed by atoms with van der Waals surface area (Å²) in [5, 5.41) is 4.02. The van der Waals surface area contributed by atoms with Crippen LogP contribution in [0.25, 0.3) is 10.9 Å². The van der Waals surface area contributed by atoms with Gasteiger partial charge in [0, 0.05) is 29.9 Å². The molecule has 1 aromatic heterocycles. The van der Waals surface area contributed by atoms with Gasteiger partial charge in [-0.2, -0.15) is 0 Å². The van der Waals surface area contributed by atoms with E-state index in [2.05, 4.69) is 10.3 Å². The zero-order valence-electron chi connectivity index (χ0n) is 9.86. The second-order valence-electron chi connectivity index (χ2n) is 4.09. The van der Waals surface area contributed by atoms with Gasteiger partial charge in [0.1, 0.15) is 0 Å². The number of hydrogen-bond acceptors (Lipinski definition) is 2. The third kappa shape index (κ3) is 2.47. The third-order valence-corrected chi connectivity index (χ3v) is 2.93. The Morgan fingerprint density at radius 1 is 1.47 bits per heavy atom. The fraction of sp³-hybridized carbons (Fsp3) is 0.308. The number of hydrogen-bond donors (Lipinski definition) is 3. The molecule has 2 rings (SSSR count). The number of H-pyrrole nitrogens is 1. The van der Waals surface area contributed by atoms with Gasteiger partial charge in [0.2, 0.25) is 0 Å². The summed E-state index contributed by atoms with van der Waals surface area (Å²) in [6.07, 6.45) is 2.70. The summed E-state index contributed by atoms with van der Waals surface area (Å²) < 4.78 is 0. The minimum absolute atomic E-state index is 0.0434. The van der Waals surface area contributed by atoms with E-state index in [0.717, 1.165) is 17.3 Å². The lowest BCUT2D eigenvalue weighted by Crippen LogP contribution is -2.39. The molecule has 0 spiro atoms. The van der Waals surface area contributed by atoms with Crippen LogP contribution in [0, 0.1) is 0 Å². The number of fused-ring (bicyclic) bond motifs is 1. The van der Waals surface area contributed by atoms with Gasteiger partial charge in [-0.25, -0.2) is 0 Å². The highest BCUT2D eigenvalue weighted by Crippen LogP contribution is 2.14. The monoisotopic (exact) mass is 231 g/mol. The van der Waals surface area contributed by atoms with Gasteiger partial charge in [0.25, 0.3) is 5.91 Å². The van der Waals surface area contributed by atoms with Crippen molar-refractivity contribution < 1.29 is 4.79 Å². The van der Waals surface area contributed by atoms with Crippen molar-refractivity contribution in [2.24, 2.45) is 5.73 Å². The van der Waals surface area contributed by atoms with Gasteiger partial charge in [0.05, 0.1) is 0 Å². The first-order chi connectivity index (χ1) is 8.24. The summed E-state index contributed by atoms with van der Waals surface area (Å²) in [5.74, 6) is -0.0706. The van der Waals surface area contributed by atoms with E-state index in [9.17, 15) is 4.79 Å². The molecule has 0 aliphatic carbocycles. The summed E-state index contributed by atoms with van der Waals surface area (Å²) in [4.78, 5) is 15.0. The molecule has 0 fully saturated rings. The number of nitrogens with two attached hydrogens (primary N) is 1. The minimum Gasteiger partial charge on any atom is -0.361 e. The first-order valence-corrected chi connectivity index (χ1v) is 5.82. The Hall–Kier alpha value is -1.81. The molecule has 0 saturated carbocycles. The summed E-state index contributed by atoms with van der Waals surface area (Å²) >= 11 is 0. The molecule has 1 atom stereocenters. The molecule has 4 nitrogen and oxygen atoms in total. The Balaban J connectivity index is 2.18. The lowest BCUT2D eigenvalue weighted by Gasteiger charge is -2.14. The molecule has 0 saturated heterocycles. The average Bonchev–Trinajstić information content (AvgIpc) is 2.82. The van der Waals surface area contributed by atoms with Crippen LogP contribution in [0.5, 0.6) is 0 Å². The Labute approximate surface area is 100 Å². The molecule has 90 valence electrons. The van der Waals surface area contributed by atoms with Gasteiger partial charge in [-0.05, 0) is 30.0 Å². The Bertz CT molecular complexity index is 514. The van der Waals surface area contributed by atoms with Crippen molar-refractivity contribution in [3.63, 3.8) is 0 Å². The van der Waals surface area contributed by atoms with Crippen molar-refractivity contribution in [1.82, 2.24) is 10.3 Å². The standard InChI is InChI=1S/C13H17N3O/c1-2-11(8-14)16-13(17)10-4-3-9-5-6-15-12(9)7-10/h3-7,11,15H,2,8,14H2,1H3,(H,16,17). The van der Waals surface area contributed by atoms with Crippen LogP contribution >= 0.6 is 0 Å². The molecule has 1 unspecified atom stereocenters. The van der Waals surface area contributed by atoms with Gasteiger partial charge in [-0.15, -0.1) is 0 Å². The quantitative estimate of drug-likeness (QED) is 0.748. The van der Waals surface area contributed by atoms with Gasteiger partial charge in [-0.1, -0.05) is 13.0 Å². The fourth-order valence-electron chi connectivity index (χ4n) is 1.79. The second kappa shape index (κ2) is 5.01. The lowest BCUT2D eigenvalue weighted by molar-refractivity contribution is 0.0937. The molecular formula is C13H17N3O. The summed E-state index contributed by atoms with van der Waals surface area (Å²) in [6, 6.07) is 7.64. The average molecular weight is 231 g/mol. The zero-order valence-corrected chi connectivity index (χ0v) is 9.86. The first kappa shape index (κ1) is 11.7. The number of nitrogens with one attached hydrogen (secondary N) is 2. The molecule has 1 heterocycles. The summed E-state index contributed by atoms with van der Waals surface area (Å²) in [6.45, 7) is 2.47. The smallest absolute Gasteiger partial charge is 0.251 e. The topological polar surface area (TPSA) is 70.9 Å². The van der Waals surface area contributed by atoms with Gasteiger partial charge < -0.3 is 16.0 Å². The Morgan fingerprint density at radius 3 is 3.00 bits per heavy atom. The maximum Gasteiger partial charge on any atom is 0.251 e. The maximum absolute atomic E-state index is 12.0. The number of benzene rings is 1. The number of aromatic amines is 1. The Morgan fingerprint density at radius 2 is 2.29 bits per heavy atom. The molecule has 4 N–H and O–H groups in total. The van der Waals surface area contributed by atoms with Crippen LogP contribution in [0.1, 0.15) is 23.7 Å². The van der Waals surface area contributed by atoms with Crippen LogP contribution in [-0.2, 0) is 0 Å². The van der Waals surface area contributed by atoms with Crippen LogP contribution < -0.4 is 11.1 Å². The van der Waals surface area contributed by atoms with Crippen molar-refractivity contribution in [1.29, 1.82) is 0 Å². The molecule has 0 radical (unpaired) electrons. The molecule has 0 aliphatic rings. The van der Waals surface area contributed by atoms with E-state index in [1.54, 1.807) is 0 Å². The molecule has 2 aromatic rings. The molecule has 4 heteroatoms. The Kier molecular flexibility index (Phi) is 3.44. The molecule has 17 heavy (non-hydrogen) atoms. The van der Waals surface area contributed by atoms with Crippen LogP contribution in [-0.4, -0.2) is 23.5 Å². The number of amides is 1. The summed E-state index contributed by atoms with van der Waals surface area (Å²) in [5.41, 5.74) is 7.19. The van der Waals surface area contributed by atoms with E-state index in [0.29, 0.717) is 12.1 Å². The largest absolute Gasteiger partial charge is 0.361 e. The van der Waals surface area contributed by atoms with Crippen LogP contribution in [0.15, 0.2) is 30.5 Å². The highest BCUT2D eigenvalue weighted by atomic mass is 16.1. The number of rotatable bonds is 4. The maximum atomic E-state index is 12.0. The third-order valence-electron chi connectivity index (χ3n) is 2.93. The second-order valence-corrected chi connectivity index (χ2v) is 4.09. The predicted molar refractivity (Wildman–Crippen MR) is 68.9 cm³/mol. The minimum atomic E-state index is -0.0706. The molecule has 1 aromatic carbocycles. The molecule has 1 amide bonds. The van der Waals surface area contributed by atoms with E-state index in [1.165, 1.54) is 0 Å². The van der Waals surface area contributed by atoms with Gasteiger partial charge in [-0.3, -0.25) is 4.79 Å². The van der Waals surface area contributed by atoms with E-state index in [1.807, 2.05) is 37.4 Å². The zero-order chi connectivity index (χ0) is 12.3. The summed E-state index contributed by atoms with van der Waals surface area (Å²) in [7, 11) is 0. The molecule has 0 bridgehead atoms. The van der Waals surface area contributed by atoms with Crippen molar-refractivity contribution in [3.8, 4) is 0 Å². The van der Waals surface area contributed by atoms with Crippen molar-refractivity contribution >= 4 is 16.8 Å². The highest BCUT2D eigenvalue weighted by molar-refractivity contribution is 5.98. The first-order valence-electron chi connectivity index (χ1n) is 5.82. The van der Waals surface area contributed by atoms with Crippen molar-refractivity contribution in [2.75, 3.05) is 6.54 Å². The van der Waals surface area contributed by atoms with Crippen LogP contribution in [0.4, 0.5) is 0 Å². The normalized spacial score (nSPS) is 12.6. The predicted octanol–water partition coefficient (Wildman–Crippen LogP) is 1.63. The van der Waals surface area contributed by atoms with E-state index < -0.39 is 0 Å².